The van der Waals surface area contributed by atoms with Crippen molar-refractivity contribution >= 4 is 11.9 Å². The molecule has 0 fully saturated rings. The van der Waals surface area contributed by atoms with Crippen LogP contribution < -0.4 is 0 Å². The number of carboxylic acid groups (broad SMARTS) is 2. The van der Waals surface area contributed by atoms with Crippen molar-refractivity contribution in [1.29, 1.82) is 0 Å². The van der Waals surface area contributed by atoms with Gasteiger partial charge in [0.25, 0.3) is 0 Å². The molecule has 0 rings (SSSR count). The van der Waals surface area contributed by atoms with Gasteiger partial charge in [-0.3, -0.25) is 9.59 Å². The first-order valence-electron chi connectivity index (χ1n) is 14.2. The fourth-order valence-corrected chi connectivity index (χ4v) is 4.47. The molecule has 0 aliphatic rings. The van der Waals surface area contributed by atoms with Crippen molar-refractivity contribution < 1.29 is 38.1 Å². The summed E-state index contributed by atoms with van der Waals surface area (Å²) in [5.74, 6) is -1.32. The molecule has 2 N–H and O–H groups in total. The number of rotatable bonds is 22. The van der Waals surface area contributed by atoms with Gasteiger partial charge in [0.15, 0.2) is 0 Å². The molecule has 0 atom stereocenters. The second-order valence-electron chi connectivity index (χ2n) is 9.15. The molecule has 0 aromatic rings. The van der Waals surface area contributed by atoms with E-state index in [1.165, 1.54) is 126 Å². The second-order valence-corrected chi connectivity index (χ2v) is 10.6. The van der Waals surface area contributed by atoms with Crippen LogP contribution in [-0.2, 0) is 27.9 Å². The third-order valence-electron chi connectivity index (χ3n) is 5.59. The molecular formula is C28H57O4Zn. The predicted octanol–water partition coefficient (Wildman–Crippen LogP) is 9.74. The fraction of sp³-hybridized carbons (Fsp3) is 0.929. The van der Waals surface area contributed by atoms with E-state index in [1.807, 2.05) is 0 Å². The van der Waals surface area contributed by atoms with Crippen LogP contribution in [0.3, 0.4) is 0 Å². The number of aliphatic carboxylic acids is 2. The van der Waals surface area contributed by atoms with Gasteiger partial charge in [-0.25, -0.2) is 0 Å². The van der Waals surface area contributed by atoms with Gasteiger partial charge < -0.3 is 10.2 Å². The van der Waals surface area contributed by atoms with E-state index in [2.05, 4.69) is 20.8 Å². The van der Waals surface area contributed by atoms with Gasteiger partial charge in [-0.15, -0.1) is 0 Å². The normalized spacial score (nSPS) is 10.1. The Morgan fingerprint density at radius 3 is 0.879 bits per heavy atom. The van der Waals surface area contributed by atoms with E-state index in [4.69, 9.17) is 10.2 Å². The Bertz CT molecular complexity index is 341. The number of hydrogen-bond acceptors (Lipinski definition) is 2. The van der Waals surface area contributed by atoms with Crippen LogP contribution in [0, 0.1) is 0 Å². The molecule has 0 aromatic heterocycles. The Hall–Kier alpha value is -0.437. The molecule has 4 nitrogen and oxygen atoms in total. The van der Waals surface area contributed by atoms with Gasteiger partial charge in [-0.2, -0.15) is 0 Å². The van der Waals surface area contributed by atoms with E-state index in [1.54, 1.807) is 0 Å². The molecule has 0 saturated carbocycles. The van der Waals surface area contributed by atoms with Gasteiger partial charge in [0.1, 0.15) is 0 Å². The van der Waals surface area contributed by atoms with E-state index in [0.29, 0.717) is 12.8 Å². The first-order valence-corrected chi connectivity index (χ1v) is 16.3. The van der Waals surface area contributed by atoms with Gasteiger partial charge in [-0.1, -0.05) is 117 Å². The van der Waals surface area contributed by atoms with Crippen LogP contribution in [-0.4, -0.2) is 22.2 Å². The molecule has 0 aliphatic heterocycles. The first kappa shape index (κ1) is 37.1. The summed E-state index contributed by atoms with van der Waals surface area (Å²) < 4.78 is 0. The maximum atomic E-state index is 10.2. The molecule has 0 unspecified atom stereocenters. The zero-order chi connectivity index (χ0) is 25.4. The molecule has 0 radical (unpaired) electrons. The summed E-state index contributed by atoms with van der Waals surface area (Å²) in [5.41, 5.74) is 0. The van der Waals surface area contributed by atoms with E-state index < -0.39 is 11.9 Å². The van der Waals surface area contributed by atoms with E-state index >= 15 is 0 Å². The topological polar surface area (TPSA) is 74.6 Å². The van der Waals surface area contributed by atoms with Gasteiger partial charge in [0.2, 0.25) is 0 Å². The van der Waals surface area contributed by atoms with Crippen LogP contribution in [0.4, 0.5) is 0 Å². The van der Waals surface area contributed by atoms with E-state index in [-0.39, 0.29) is 0 Å². The molecule has 0 bridgehead atoms. The van der Waals surface area contributed by atoms with Crippen LogP contribution >= 0.6 is 0 Å². The quantitative estimate of drug-likeness (QED) is 0.109. The minimum absolute atomic E-state index is 0.343. The fourth-order valence-electron chi connectivity index (χ4n) is 3.42. The summed E-state index contributed by atoms with van der Waals surface area (Å²) in [4.78, 5) is 20.4. The number of carbonyl (C=O) groups is 2. The summed E-state index contributed by atoms with van der Waals surface area (Å²) >= 11 is 1.48. The maximum absolute atomic E-state index is 10.2. The molecule has 0 saturated heterocycles. The predicted molar refractivity (Wildman–Crippen MR) is 139 cm³/mol. The third kappa shape index (κ3) is 49.7. The van der Waals surface area contributed by atoms with Crippen molar-refractivity contribution in [2.45, 2.75) is 167 Å². The van der Waals surface area contributed by atoms with Crippen LogP contribution in [0.1, 0.15) is 162 Å². The Labute approximate surface area is 216 Å². The molecule has 195 valence electrons. The summed E-state index contributed by atoms with van der Waals surface area (Å²) in [6.45, 7) is 6.69. The van der Waals surface area contributed by atoms with Crippen molar-refractivity contribution in [2.24, 2.45) is 0 Å². The summed E-state index contributed by atoms with van der Waals surface area (Å²) in [6.07, 6.45) is 25.8. The molecule has 0 heterocycles. The zero-order valence-corrected chi connectivity index (χ0v) is 25.6. The zero-order valence-electron chi connectivity index (χ0n) is 22.7. The third-order valence-corrected chi connectivity index (χ3v) is 6.64. The van der Waals surface area contributed by atoms with Gasteiger partial charge >= 0.3 is 55.0 Å². The molecule has 0 aromatic carbocycles. The van der Waals surface area contributed by atoms with Crippen molar-refractivity contribution in [3.05, 3.63) is 0 Å². The standard InChI is InChI=1S/2C12H24O2.C4H9.Zn/c2*1-2-3-4-5-6-7-8-9-10-11-12(13)14;1-3-4-2;/h2*2-11H2,1H3,(H,13,14);1,3-4H2,2H3;. The van der Waals surface area contributed by atoms with Gasteiger partial charge in [-0.05, 0) is 12.8 Å². The minimum atomic E-state index is -0.659. The van der Waals surface area contributed by atoms with Gasteiger partial charge in [0, 0.05) is 12.8 Å². The Kier molecular flexibility index (Phi) is 40.6. The summed E-state index contributed by atoms with van der Waals surface area (Å²) in [7, 11) is 0. The van der Waals surface area contributed by atoms with Gasteiger partial charge in [0.05, 0.1) is 0 Å². The van der Waals surface area contributed by atoms with Crippen molar-refractivity contribution in [3.63, 3.8) is 0 Å². The average Bonchev–Trinajstić information content (AvgIpc) is 2.78. The van der Waals surface area contributed by atoms with Crippen LogP contribution in [0.5, 0.6) is 0 Å². The van der Waals surface area contributed by atoms with E-state index in [0.717, 1.165) is 25.7 Å². The Balaban J connectivity index is -0.000000453. The van der Waals surface area contributed by atoms with Crippen molar-refractivity contribution in [3.8, 4) is 0 Å². The Morgan fingerprint density at radius 2 is 0.697 bits per heavy atom. The van der Waals surface area contributed by atoms with Crippen molar-refractivity contribution in [2.75, 3.05) is 0 Å². The summed E-state index contributed by atoms with van der Waals surface area (Å²) in [5, 5.41) is 18.3. The average molecular weight is 523 g/mol. The molecule has 33 heavy (non-hydrogen) atoms. The van der Waals surface area contributed by atoms with Crippen molar-refractivity contribution in [1.82, 2.24) is 0 Å². The molecule has 0 amide bonds. The van der Waals surface area contributed by atoms with Crippen LogP contribution in [0.2, 0.25) is 5.02 Å². The first-order chi connectivity index (χ1) is 16.0. The van der Waals surface area contributed by atoms with E-state index in [9.17, 15) is 9.59 Å². The monoisotopic (exact) mass is 521 g/mol. The summed E-state index contributed by atoms with van der Waals surface area (Å²) in [6, 6.07) is 0. The molecular weight excluding hydrogens is 466 g/mol. The molecule has 0 aliphatic carbocycles. The molecule has 5 heteroatoms. The SMILES string of the molecule is CCCCCCCCCCCC(=O)O.CCCCCCCCCCCC(=O)O.CCC[CH2][Zn]. The van der Waals surface area contributed by atoms with Crippen LogP contribution in [0.25, 0.3) is 0 Å². The van der Waals surface area contributed by atoms with Crippen LogP contribution in [0.15, 0.2) is 0 Å². The molecule has 0 spiro atoms. The number of carboxylic acids is 2. The number of unbranched alkanes of at least 4 members (excludes halogenated alkanes) is 17. The number of hydrogen-bond donors (Lipinski definition) is 2. The second kappa shape index (κ2) is 36.1. The Morgan fingerprint density at radius 1 is 0.455 bits per heavy atom.